The third kappa shape index (κ3) is 1.63. The van der Waals surface area contributed by atoms with E-state index >= 15 is 0 Å². The number of anilines is 1. The summed E-state index contributed by atoms with van der Waals surface area (Å²) in [6.07, 6.45) is 1.47. The fourth-order valence-electron chi connectivity index (χ4n) is 1.38. The highest BCUT2D eigenvalue weighted by Crippen LogP contribution is 2.20. The Morgan fingerprint density at radius 3 is 2.62 bits per heavy atom. The molecule has 0 aliphatic rings. The minimum atomic E-state index is -0.590. The fraction of sp³-hybridized carbons (Fsp3) is 0. The van der Waals surface area contributed by atoms with Gasteiger partial charge in [0.15, 0.2) is 0 Å². The van der Waals surface area contributed by atoms with E-state index in [4.69, 9.17) is 17.3 Å². The Morgan fingerprint density at radius 1 is 1.25 bits per heavy atom. The number of hydrogen-bond acceptors (Lipinski definition) is 3. The predicted octanol–water partition coefficient (Wildman–Crippen LogP) is 1.78. The minimum Gasteiger partial charge on any atom is -0.502 e. The van der Waals surface area contributed by atoms with Crippen molar-refractivity contribution in [2.75, 3.05) is 5.73 Å². The van der Waals surface area contributed by atoms with E-state index in [0.29, 0.717) is 10.7 Å². The molecule has 0 unspecified atom stereocenters. The van der Waals surface area contributed by atoms with Gasteiger partial charge in [0.05, 0.1) is 16.4 Å². The van der Waals surface area contributed by atoms with Crippen molar-refractivity contribution in [3.63, 3.8) is 0 Å². The van der Waals surface area contributed by atoms with Crippen LogP contribution in [-0.2, 0) is 0 Å². The van der Waals surface area contributed by atoms with Crippen LogP contribution in [0, 0.1) is 0 Å². The van der Waals surface area contributed by atoms with Gasteiger partial charge in [-0.15, -0.1) is 0 Å². The van der Waals surface area contributed by atoms with Gasteiger partial charge in [-0.2, -0.15) is 0 Å². The van der Waals surface area contributed by atoms with Gasteiger partial charge in [-0.1, -0.05) is 23.7 Å². The maximum absolute atomic E-state index is 11.7. The zero-order valence-corrected chi connectivity index (χ0v) is 8.98. The highest BCUT2D eigenvalue weighted by molar-refractivity contribution is 6.32. The van der Waals surface area contributed by atoms with Gasteiger partial charge in [0.2, 0.25) is 5.75 Å². The van der Waals surface area contributed by atoms with Crippen molar-refractivity contribution in [1.29, 1.82) is 0 Å². The number of benzene rings is 1. The standard InChI is InChI=1S/C11H9ClN2O2/c12-7-3-1-2-4-9(7)14-6-5-8(13)10(15)11(14)16/h1-6,15H,13H2. The van der Waals surface area contributed by atoms with Crippen LogP contribution < -0.4 is 11.3 Å². The molecule has 4 nitrogen and oxygen atoms in total. The van der Waals surface area contributed by atoms with E-state index in [9.17, 15) is 9.90 Å². The van der Waals surface area contributed by atoms with Gasteiger partial charge in [0.25, 0.3) is 5.56 Å². The first-order chi connectivity index (χ1) is 7.61. The van der Waals surface area contributed by atoms with Crippen LogP contribution in [0.2, 0.25) is 5.02 Å². The summed E-state index contributed by atoms with van der Waals surface area (Å²) in [6, 6.07) is 8.30. The first-order valence-electron chi connectivity index (χ1n) is 4.56. The molecule has 0 saturated heterocycles. The molecule has 0 fully saturated rings. The SMILES string of the molecule is Nc1ccn(-c2ccccc2Cl)c(=O)c1O. The number of nitrogen functional groups attached to an aromatic ring is 1. The Labute approximate surface area is 96.5 Å². The van der Waals surface area contributed by atoms with Crippen LogP contribution in [0.4, 0.5) is 5.69 Å². The van der Waals surface area contributed by atoms with Gasteiger partial charge in [-0.25, -0.2) is 0 Å². The van der Waals surface area contributed by atoms with Crippen molar-refractivity contribution in [1.82, 2.24) is 4.57 Å². The van der Waals surface area contributed by atoms with Crippen LogP contribution in [0.3, 0.4) is 0 Å². The van der Waals surface area contributed by atoms with Crippen molar-refractivity contribution < 1.29 is 5.11 Å². The molecule has 0 saturated carbocycles. The summed E-state index contributed by atoms with van der Waals surface area (Å²) in [5, 5.41) is 9.86. The number of para-hydroxylation sites is 1. The lowest BCUT2D eigenvalue weighted by Gasteiger charge is -2.08. The molecule has 0 aliphatic carbocycles. The quantitative estimate of drug-likeness (QED) is 0.793. The molecule has 2 aromatic rings. The van der Waals surface area contributed by atoms with E-state index < -0.39 is 11.3 Å². The second-order valence-electron chi connectivity index (χ2n) is 3.25. The number of nitrogens with two attached hydrogens (primary N) is 1. The Bertz CT molecular complexity index is 593. The Morgan fingerprint density at radius 2 is 1.94 bits per heavy atom. The van der Waals surface area contributed by atoms with Gasteiger partial charge in [-0.3, -0.25) is 9.36 Å². The number of rotatable bonds is 1. The largest absolute Gasteiger partial charge is 0.502 e. The molecule has 0 spiro atoms. The Kier molecular flexibility index (Phi) is 2.58. The van der Waals surface area contributed by atoms with Crippen LogP contribution in [0.15, 0.2) is 41.3 Å². The lowest BCUT2D eigenvalue weighted by atomic mass is 10.3. The zero-order chi connectivity index (χ0) is 11.7. The van der Waals surface area contributed by atoms with E-state index in [-0.39, 0.29) is 5.69 Å². The molecule has 1 heterocycles. The summed E-state index contributed by atoms with van der Waals surface area (Å²) in [7, 11) is 0. The average Bonchev–Trinajstić information content (AvgIpc) is 2.28. The first-order valence-corrected chi connectivity index (χ1v) is 4.94. The number of hydrogen-bond donors (Lipinski definition) is 2. The third-order valence-corrected chi connectivity index (χ3v) is 2.53. The lowest BCUT2D eigenvalue weighted by molar-refractivity contribution is 0.466. The number of aromatic hydroxyl groups is 1. The van der Waals surface area contributed by atoms with Crippen molar-refractivity contribution >= 4 is 17.3 Å². The molecule has 3 N–H and O–H groups in total. The molecule has 1 aromatic heterocycles. The highest BCUT2D eigenvalue weighted by Gasteiger charge is 2.09. The van der Waals surface area contributed by atoms with Crippen LogP contribution in [0.25, 0.3) is 5.69 Å². The van der Waals surface area contributed by atoms with Gasteiger partial charge < -0.3 is 10.8 Å². The van der Waals surface area contributed by atoms with Crippen molar-refractivity contribution in [3.8, 4) is 11.4 Å². The Hall–Kier alpha value is -1.94. The smallest absolute Gasteiger partial charge is 0.299 e. The molecule has 0 radical (unpaired) electrons. The molecule has 82 valence electrons. The number of aromatic nitrogens is 1. The maximum atomic E-state index is 11.7. The van der Waals surface area contributed by atoms with Gasteiger partial charge in [0, 0.05) is 6.20 Å². The summed E-state index contributed by atoms with van der Waals surface area (Å²) < 4.78 is 1.24. The van der Waals surface area contributed by atoms with Crippen molar-refractivity contribution in [3.05, 3.63) is 51.9 Å². The number of halogens is 1. The molecule has 1 aromatic carbocycles. The first kappa shape index (κ1) is 10.6. The zero-order valence-electron chi connectivity index (χ0n) is 8.22. The molecule has 0 atom stereocenters. The molecule has 0 amide bonds. The van der Waals surface area contributed by atoms with Crippen LogP contribution >= 0.6 is 11.6 Å². The van der Waals surface area contributed by atoms with Gasteiger partial charge in [0.1, 0.15) is 0 Å². The molecule has 5 heteroatoms. The van der Waals surface area contributed by atoms with Crippen LogP contribution in [0.5, 0.6) is 5.75 Å². The summed E-state index contributed by atoms with van der Waals surface area (Å²) >= 11 is 5.95. The normalized spacial score (nSPS) is 10.3. The minimum absolute atomic E-state index is 0.0494. The van der Waals surface area contributed by atoms with E-state index in [2.05, 4.69) is 0 Å². The average molecular weight is 237 g/mol. The molecule has 0 aliphatic heterocycles. The molecule has 2 rings (SSSR count). The van der Waals surface area contributed by atoms with E-state index in [1.807, 2.05) is 0 Å². The molecule has 16 heavy (non-hydrogen) atoms. The van der Waals surface area contributed by atoms with Gasteiger partial charge in [-0.05, 0) is 18.2 Å². The van der Waals surface area contributed by atoms with Crippen molar-refractivity contribution in [2.45, 2.75) is 0 Å². The summed E-state index contributed by atoms with van der Waals surface area (Å²) in [5.41, 5.74) is 5.37. The van der Waals surface area contributed by atoms with E-state index in [1.54, 1.807) is 24.3 Å². The highest BCUT2D eigenvalue weighted by atomic mass is 35.5. The third-order valence-electron chi connectivity index (χ3n) is 2.21. The van der Waals surface area contributed by atoms with E-state index in [0.717, 1.165) is 0 Å². The molecule has 0 bridgehead atoms. The molecular formula is C11H9ClN2O2. The topological polar surface area (TPSA) is 68.2 Å². The van der Waals surface area contributed by atoms with Crippen molar-refractivity contribution in [2.24, 2.45) is 0 Å². The summed E-state index contributed by atoms with van der Waals surface area (Å²) in [4.78, 5) is 11.7. The number of pyridine rings is 1. The fourth-order valence-corrected chi connectivity index (χ4v) is 1.60. The van der Waals surface area contributed by atoms with Gasteiger partial charge >= 0.3 is 0 Å². The second-order valence-corrected chi connectivity index (χ2v) is 3.65. The number of nitrogens with zero attached hydrogens (tertiary/aromatic N) is 1. The van der Waals surface area contributed by atoms with E-state index in [1.165, 1.54) is 16.8 Å². The monoisotopic (exact) mass is 236 g/mol. The maximum Gasteiger partial charge on any atom is 0.299 e. The van der Waals surface area contributed by atoms with Crippen LogP contribution in [-0.4, -0.2) is 9.67 Å². The summed E-state index contributed by atoms with van der Waals surface area (Å²) in [5.74, 6) is -0.470. The lowest BCUT2D eigenvalue weighted by Crippen LogP contribution is -2.18. The predicted molar refractivity (Wildman–Crippen MR) is 63.1 cm³/mol. The Balaban J connectivity index is 2.72. The molecular weight excluding hydrogens is 228 g/mol. The van der Waals surface area contributed by atoms with Crippen LogP contribution in [0.1, 0.15) is 0 Å². The summed E-state index contributed by atoms with van der Waals surface area (Å²) in [6.45, 7) is 0. The second kappa shape index (κ2) is 3.90.